The molecule has 212 valence electrons. The average Bonchev–Trinajstić information content (AvgIpc) is 3.58. The molecule has 1 saturated heterocycles. The van der Waals surface area contributed by atoms with Gasteiger partial charge in [0.1, 0.15) is 0 Å². The Morgan fingerprint density at radius 3 is 2.29 bits per heavy atom. The van der Waals surface area contributed by atoms with E-state index < -0.39 is 23.4 Å². The minimum Gasteiger partial charge on any atom is -0.452 e. The predicted octanol–water partition coefficient (Wildman–Crippen LogP) is 5.57. The first kappa shape index (κ1) is 28.4. The Labute approximate surface area is 242 Å². The quantitative estimate of drug-likeness (QED) is 0.293. The number of aliphatic hydroxyl groups is 1. The molecule has 6 heteroatoms. The van der Waals surface area contributed by atoms with Gasteiger partial charge in [-0.3, -0.25) is 9.59 Å². The molecule has 2 unspecified atom stereocenters. The number of anilines is 2. The molecule has 2 heterocycles. The van der Waals surface area contributed by atoms with Gasteiger partial charge in [0, 0.05) is 18.8 Å². The van der Waals surface area contributed by atoms with Crippen LogP contribution in [0.2, 0.25) is 0 Å². The van der Waals surface area contributed by atoms with Crippen molar-refractivity contribution in [3.63, 3.8) is 0 Å². The Morgan fingerprint density at radius 2 is 1.61 bits per heavy atom. The van der Waals surface area contributed by atoms with E-state index in [0.29, 0.717) is 23.7 Å². The molecule has 2 aliphatic heterocycles. The molecular weight excluding hydrogens is 512 g/mol. The summed E-state index contributed by atoms with van der Waals surface area (Å²) in [5.41, 5.74) is 3.03. The van der Waals surface area contributed by atoms with Crippen LogP contribution in [0.25, 0.3) is 0 Å². The molecule has 1 amide bonds. The summed E-state index contributed by atoms with van der Waals surface area (Å²) in [6.07, 6.45) is 3.11. The maximum atomic E-state index is 13.8. The summed E-state index contributed by atoms with van der Waals surface area (Å²) in [5.74, 6) is 4.83. The number of benzene rings is 3. The van der Waals surface area contributed by atoms with Gasteiger partial charge in [-0.1, -0.05) is 80.4 Å². The van der Waals surface area contributed by atoms with Gasteiger partial charge in [0.05, 0.1) is 23.7 Å². The molecule has 0 saturated carbocycles. The van der Waals surface area contributed by atoms with Gasteiger partial charge >= 0.3 is 5.97 Å². The zero-order chi connectivity index (χ0) is 29.0. The fourth-order valence-electron chi connectivity index (χ4n) is 5.74. The number of hydrogen-bond donors (Lipinski definition) is 1. The zero-order valence-electron chi connectivity index (χ0n) is 24.1. The van der Waals surface area contributed by atoms with Crippen molar-refractivity contribution in [2.75, 3.05) is 29.5 Å². The molecule has 0 aromatic heterocycles. The summed E-state index contributed by atoms with van der Waals surface area (Å²) in [6, 6.07) is 23.5. The number of carbonyl (C=O) groups is 2. The fourth-order valence-corrected chi connectivity index (χ4v) is 5.74. The number of ether oxygens (including phenoxy) is 1. The lowest BCUT2D eigenvalue weighted by molar-refractivity contribution is -0.143. The van der Waals surface area contributed by atoms with E-state index >= 15 is 0 Å². The number of amides is 1. The normalized spacial score (nSPS) is 18.7. The molecule has 2 atom stereocenters. The SMILES string of the molecule is CC(C)Cc1ccc(C(C)C(=O)OCC#CC2(O)C(=O)N(Cc3ccccc3)c3cccc(N4CCCC4)c32)cc1. The van der Waals surface area contributed by atoms with Gasteiger partial charge in [-0.2, -0.15) is 0 Å². The Balaban J connectivity index is 1.35. The Bertz CT molecular complexity index is 1450. The van der Waals surface area contributed by atoms with E-state index in [1.165, 1.54) is 5.56 Å². The third-order valence-corrected chi connectivity index (χ3v) is 7.89. The summed E-state index contributed by atoms with van der Waals surface area (Å²) in [5, 5.41) is 11.9. The van der Waals surface area contributed by atoms with E-state index in [1.807, 2.05) is 60.7 Å². The number of esters is 1. The van der Waals surface area contributed by atoms with Crippen LogP contribution in [0, 0.1) is 17.8 Å². The lowest BCUT2D eigenvalue weighted by Gasteiger charge is -2.24. The molecule has 3 aromatic rings. The highest BCUT2D eigenvalue weighted by Gasteiger charge is 2.51. The van der Waals surface area contributed by atoms with Gasteiger partial charge in [0.2, 0.25) is 5.60 Å². The number of rotatable bonds is 8. The Morgan fingerprint density at radius 1 is 0.927 bits per heavy atom. The summed E-state index contributed by atoms with van der Waals surface area (Å²) in [7, 11) is 0. The monoisotopic (exact) mass is 550 g/mol. The summed E-state index contributed by atoms with van der Waals surface area (Å²) >= 11 is 0. The lowest BCUT2D eigenvalue weighted by Crippen LogP contribution is -2.39. The molecule has 3 aromatic carbocycles. The molecule has 0 spiro atoms. The predicted molar refractivity (Wildman–Crippen MR) is 162 cm³/mol. The first-order valence-electron chi connectivity index (χ1n) is 14.5. The van der Waals surface area contributed by atoms with Crippen LogP contribution in [0.15, 0.2) is 72.8 Å². The van der Waals surface area contributed by atoms with Gasteiger partial charge < -0.3 is 19.6 Å². The van der Waals surface area contributed by atoms with Crippen LogP contribution in [0.3, 0.4) is 0 Å². The molecule has 41 heavy (non-hydrogen) atoms. The molecular formula is C35H38N2O4. The maximum absolute atomic E-state index is 13.8. The van der Waals surface area contributed by atoms with Crippen molar-refractivity contribution in [2.45, 2.75) is 58.1 Å². The van der Waals surface area contributed by atoms with Crippen LogP contribution >= 0.6 is 0 Å². The third-order valence-electron chi connectivity index (χ3n) is 7.89. The molecule has 2 aliphatic rings. The number of fused-ring (bicyclic) bond motifs is 1. The van der Waals surface area contributed by atoms with E-state index in [1.54, 1.807) is 11.8 Å². The van der Waals surface area contributed by atoms with E-state index in [9.17, 15) is 14.7 Å². The maximum Gasteiger partial charge on any atom is 0.314 e. The second kappa shape index (κ2) is 12.2. The Kier molecular flexibility index (Phi) is 8.46. The summed E-state index contributed by atoms with van der Waals surface area (Å²) < 4.78 is 5.47. The van der Waals surface area contributed by atoms with Crippen molar-refractivity contribution in [2.24, 2.45) is 5.92 Å². The molecule has 0 aliphatic carbocycles. The lowest BCUT2D eigenvalue weighted by atomic mass is 9.93. The standard InChI is InChI=1S/C35H38N2O4/c1-25(2)23-27-15-17-29(18-16-27)26(3)33(38)41-22-10-19-35(40)32-30(36-20-7-8-21-36)13-9-14-31(32)37(34(35)39)24-28-11-5-4-6-12-28/h4-6,9,11-18,25-26,40H,7-8,20-24H2,1-3H3. The second-order valence-corrected chi connectivity index (χ2v) is 11.4. The highest BCUT2D eigenvalue weighted by atomic mass is 16.5. The molecule has 1 N–H and O–H groups in total. The smallest absolute Gasteiger partial charge is 0.314 e. The van der Waals surface area contributed by atoms with Crippen molar-refractivity contribution < 1.29 is 19.4 Å². The molecule has 0 bridgehead atoms. The fraction of sp³-hybridized carbons (Fsp3) is 0.371. The van der Waals surface area contributed by atoms with Crippen LogP contribution in [0.5, 0.6) is 0 Å². The van der Waals surface area contributed by atoms with Crippen molar-refractivity contribution in [1.82, 2.24) is 0 Å². The van der Waals surface area contributed by atoms with Crippen LogP contribution < -0.4 is 9.80 Å². The van der Waals surface area contributed by atoms with E-state index in [-0.39, 0.29) is 6.61 Å². The summed E-state index contributed by atoms with van der Waals surface area (Å²) in [6.45, 7) is 7.99. The van der Waals surface area contributed by atoms with Crippen LogP contribution in [0.1, 0.15) is 61.8 Å². The topological polar surface area (TPSA) is 70.1 Å². The van der Waals surface area contributed by atoms with E-state index in [0.717, 1.165) is 49.2 Å². The number of carbonyl (C=O) groups excluding carboxylic acids is 2. The molecule has 1 fully saturated rings. The van der Waals surface area contributed by atoms with Crippen LogP contribution in [-0.2, 0) is 32.9 Å². The zero-order valence-corrected chi connectivity index (χ0v) is 24.1. The largest absolute Gasteiger partial charge is 0.452 e. The minimum atomic E-state index is -2.03. The number of nitrogens with zero attached hydrogens (tertiary/aromatic N) is 2. The molecule has 0 radical (unpaired) electrons. The van der Waals surface area contributed by atoms with Gasteiger partial charge in [-0.05, 0) is 66.8 Å². The van der Waals surface area contributed by atoms with Crippen molar-refractivity contribution in [3.05, 3.63) is 95.1 Å². The van der Waals surface area contributed by atoms with Gasteiger partial charge in [0.25, 0.3) is 5.91 Å². The first-order chi connectivity index (χ1) is 19.8. The Hall–Kier alpha value is -4.08. The van der Waals surface area contributed by atoms with Crippen molar-refractivity contribution in [3.8, 4) is 11.8 Å². The van der Waals surface area contributed by atoms with Crippen molar-refractivity contribution >= 4 is 23.3 Å². The second-order valence-electron chi connectivity index (χ2n) is 11.4. The van der Waals surface area contributed by atoms with Gasteiger partial charge in [-0.25, -0.2) is 0 Å². The average molecular weight is 551 g/mol. The van der Waals surface area contributed by atoms with Crippen LogP contribution in [-0.4, -0.2) is 36.7 Å². The third kappa shape index (κ3) is 6.01. The molecule has 6 nitrogen and oxygen atoms in total. The number of hydrogen-bond acceptors (Lipinski definition) is 5. The summed E-state index contributed by atoms with van der Waals surface area (Å²) in [4.78, 5) is 30.4. The van der Waals surface area contributed by atoms with Crippen LogP contribution in [0.4, 0.5) is 11.4 Å². The van der Waals surface area contributed by atoms with Crippen molar-refractivity contribution in [1.29, 1.82) is 0 Å². The first-order valence-corrected chi connectivity index (χ1v) is 14.5. The van der Waals surface area contributed by atoms with Gasteiger partial charge in [-0.15, -0.1) is 0 Å². The highest BCUT2D eigenvalue weighted by Crippen LogP contribution is 2.46. The molecule has 5 rings (SSSR count). The van der Waals surface area contributed by atoms with Gasteiger partial charge in [0.15, 0.2) is 6.61 Å². The minimum absolute atomic E-state index is 0.218. The van der Waals surface area contributed by atoms with E-state index in [2.05, 4.69) is 42.7 Å². The highest BCUT2D eigenvalue weighted by molar-refractivity contribution is 6.10. The van der Waals surface area contributed by atoms with E-state index in [4.69, 9.17) is 4.74 Å².